The van der Waals surface area contributed by atoms with Gasteiger partial charge in [0.15, 0.2) is 0 Å². The van der Waals surface area contributed by atoms with Crippen molar-refractivity contribution in [3.8, 4) is 0 Å². The van der Waals surface area contributed by atoms with E-state index in [1.807, 2.05) is 6.92 Å². The van der Waals surface area contributed by atoms with Crippen LogP contribution in [0.5, 0.6) is 0 Å². The summed E-state index contributed by atoms with van der Waals surface area (Å²) in [7, 11) is 0. The monoisotopic (exact) mass is 308 g/mol. The Bertz CT molecular complexity index is 760. The Morgan fingerprint density at radius 3 is 2.80 bits per heavy atom. The molecule has 0 radical (unpaired) electrons. The van der Waals surface area contributed by atoms with Crippen LogP contribution in [0.25, 0.3) is 11.0 Å². The molecule has 0 amide bonds. The van der Waals surface area contributed by atoms with Crippen molar-refractivity contribution in [2.24, 2.45) is 0 Å². The van der Waals surface area contributed by atoms with Gasteiger partial charge in [0.05, 0.1) is 23.0 Å². The summed E-state index contributed by atoms with van der Waals surface area (Å²) in [6.07, 6.45) is 0. The molecule has 3 aromatic rings. The first-order valence-corrected chi connectivity index (χ1v) is 7.65. The molecule has 0 saturated heterocycles. The van der Waals surface area contributed by atoms with Gasteiger partial charge in [0.1, 0.15) is 11.6 Å². The third kappa shape index (κ3) is 2.45. The molecule has 0 aliphatic rings. The van der Waals surface area contributed by atoms with Gasteiger partial charge in [-0.25, -0.2) is 9.37 Å². The summed E-state index contributed by atoms with van der Waals surface area (Å²) in [6.45, 7) is 4.68. The summed E-state index contributed by atoms with van der Waals surface area (Å²) in [5.41, 5.74) is 1.57. The zero-order chi connectivity index (χ0) is 14.3. The number of imidazole rings is 1. The maximum absolute atomic E-state index is 13.3. The number of fused-ring (bicyclic) bond motifs is 1. The van der Waals surface area contributed by atoms with E-state index in [9.17, 15) is 4.39 Å². The lowest BCUT2D eigenvalue weighted by molar-refractivity contribution is 0.629. The van der Waals surface area contributed by atoms with Gasteiger partial charge >= 0.3 is 0 Å². The highest BCUT2D eigenvalue weighted by atomic mass is 35.5. The molecule has 5 heteroatoms. The second-order valence-electron chi connectivity index (χ2n) is 4.82. The fraction of sp³-hybridized carbons (Fsp3) is 0.267. The molecule has 0 N–H and O–H groups in total. The molecule has 104 valence electrons. The van der Waals surface area contributed by atoms with Crippen LogP contribution in [0.1, 0.15) is 27.9 Å². The number of alkyl halides is 1. The molecule has 20 heavy (non-hydrogen) atoms. The van der Waals surface area contributed by atoms with E-state index < -0.39 is 0 Å². The summed E-state index contributed by atoms with van der Waals surface area (Å²) in [6, 6.07) is 8.89. The average Bonchev–Trinajstić information content (AvgIpc) is 2.94. The van der Waals surface area contributed by atoms with E-state index in [1.54, 1.807) is 17.4 Å². The quantitative estimate of drug-likeness (QED) is 0.630. The van der Waals surface area contributed by atoms with Gasteiger partial charge in [-0.05, 0) is 38.1 Å². The van der Waals surface area contributed by atoms with Crippen molar-refractivity contribution >= 4 is 34.0 Å². The van der Waals surface area contributed by atoms with Crippen LogP contribution in [0, 0.1) is 12.7 Å². The molecule has 2 nitrogen and oxygen atoms in total. The standard InChI is InChI=1S/C15H14ClFN2S/c1-9-3-5-12(20-9)8-19-14-6-4-11(17)7-13(14)18-15(19)10(2)16/h3-7,10H,8H2,1-2H3. The highest BCUT2D eigenvalue weighted by Gasteiger charge is 2.16. The molecule has 1 unspecified atom stereocenters. The van der Waals surface area contributed by atoms with E-state index in [0.29, 0.717) is 12.1 Å². The molecule has 2 heterocycles. The number of aromatic nitrogens is 2. The Labute approximate surface area is 125 Å². The molecule has 1 aromatic carbocycles. The normalized spacial score (nSPS) is 13.0. The maximum atomic E-state index is 13.3. The lowest BCUT2D eigenvalue weighted by atomic mass is 10.3. The Morgan fingerprint density at radius 1 is 1.35 bits per heavy atom. The smallest absolute Gasteiger partial charge is 0.128 e. The van der Waals surface area contributed by atoms with Gasteiger partial charge in [-0.2, -0.15) is 0 Å². The van der Waals surface area contributed by atoms with Crippen LogP contribution in [0.15, 0.2) is 30.3 Å². The van der Waals surface area contributed by atoms with Gasteiger partial charge in [-0.1, -0.05) is 0 Å². The molecule has 0 fully saturated rings. The zero-order valence-corrected chi connectivity index (χ0v) is 12.8. The summed E-state index contributed by atoms with van der Waals surface area (Å²) in [5.74, 6) is 0.501. The Morgan fingerprint density at radius 2 is 2.15 bits per heavy atom. The van der Waals surface area contributed by atoms with Crippen LogP contribution < -0.4 is 0 Å². The van der Waals surface area contributed by atoms with Crippen molar-refractivity contribution in [3.05, 3.63) is 51.7 Å². The number of thiophene rings is 1. The summed E-state index contributed by atoms with van der Waals surface area (Å²) < 4.78 is 15.4. The van der Waals surface area contributed by atoms with Crippen molar-refractivity contribution in [3.63, 3.8) is 0 Å². The van der Waals surface area contributed by atoms with Gasteiger partial charge in [0.25, 0.3) is 0 Å². The third-order valence-corrected chi connectivity index (χ3v) is 4.39. The van der Waals surface area contributed by atoms with Gasteiger partial charge < -0.3 is 4.57 Å². The van der Waals surface area contributed by atoms with Crippen LogP contribution in [0.3, 0.4) is 0 Å². The number of benzene rings is 1. The van der Waals surface area contributed by atoms with Crippen LogP contribution in [0.2, 0.25) is 0 Å². The zero-order valence-electron chi connectivity index (χ0n) is 11.2. The molecule has 2 aromatic heterocycles. The van der Waals surface area contributed by atoms with E-state index >= 15 is 0 Å². The average molecular weight is 309 g/mol. The van der Waals surface area contributed by atoms with Crippen LogP contribution in [0.4, 0.5) is 4.39 Å². The van der Waals surface area contributed by atoms with Crippen molar-refractivity contribution in [2.45, 2.75) is 25.8 Å². The van der Waals surface area contributed by atoms with E-state index in [4.69, 9.17) is 11.6 Å². The lowest BCUT2D eigenvalue weighted by Crippen LogP contribution is -2.04. The molecular formula is C15H14ClFN2S. The minimum atomic E-state index is -0.275. The van der Waals surface area contributed by atoms with E-state index in [2.05, 4.69) is 28.6 Å². The first kappa shape index (κ1) is 13.6. The first-order chi connectivity index (χ1) is 9.54. The Kier molecular flexibility index (Phi) is 3.52. The number of nitrogens with zero attached hydrogens (tertiary/aromatic N) is 2. The van der Waals surface area contributed by atoms with Crippen molar-refractivity contribution in [2.75, 3.05) is 0 Å². The van der Waals surface area contributed by atoms with Gasteiger partial charge in [0.2, 0.25) is 0 Å². The van der Waals surface area contributed by atoms with Crippen molar-refractivity contribution in [1.82, 2.24) is 9.55 Å². The third-order valence-electron chi connectivity index (χ3n) is 3.21. The molecule has 0 spiro atoms. The van der Waals surface area contributed by atoms with E-state index in [1.165, 1.54) is 21.9 Å². The molecule has 1 atom stereocenters. The number of halogens is 2. The predicted octanol–water partition coefficient (Wildman–Crippen LogP) is 4.89. The second-order valence-corrected chi connectivity index (χ2v) is 6.84. The topological polar surface area (TPSA) is 17.8 Å². The Hall–Kier alpha value is -1.39. The minimum absolute atomic E-state index is 0.216. The van der Waals surface area contributed by atoms with Crippen LogP contribution >= 0.6 is 22.9 Å². The van der Waals surface area contributed by atoms with Gasteiger partial charge in [0, 0.05) is 15.8 Å². The van der Waals surface area contributed by atoms with E-state index in [-0.39, 0.29) is 11.2 Å². The number of hydrogen-bond donors (Lipinski definition) is 0. The van der Waals surface area contributed by atoms with Gasteiger partial charge in [-0.15, -0.1) is 22.9 Å². The number of hydrogen-bond acceptors (Lipinski definition) is 2. The molecule has 0 aliphatic carbocycles. The lowest BCUT2D eigenvalue weighted by Gasteiger charge is -2.09. The molecule has 0 bridgehead atoms. The maximum Gasteiger partial charge on any atom is 0.128 e. The minimum Gasteiger partial charge on any atom is -0.321 e. The van der Waals surface area contributed by atoms with Gasteiger partial charge in [-0.3, -0.25) is 0 Å². The number of rotatable bonds is 3. The number of aryl methyl sites for hydroxylation is 1. The summed E-state index contributed by atoms with van der Waals surface area (Å²) >= 11 is 7.97. The van der Waals surface area contributed by atoms with Crippen LogP contribution in [-0.2, 0) is 6.54 Å². The highest BCUT2D eigenvalue weighted by Crippen LogP contribution is 2.27. The SMILES string of the molecule is Cc1ccc(Cn2c(C(C)Cl)nc3cc(F)ccc32)s1. The molecule has 0 aliphatic heterocycles. The molecule has 3 rings (SSSR count). The molecule has 0 saturated carbocycles. The van der Waals surface area contributed by atoms with Crippen molar-refractivity contribution < 1.29 is 4.39 Å². The fourth-order valence-electron chi connectivity index (χ4n) is 2.32. The van der Waals surface area contributed by atoms with Crippen LogP contribution in [-0.4, -0.2) is 9.55 Å². The first-order valence-electron chi connectivity index (χ1n) is 6.39. The second kappa shape index (κ2) is 5.19. The van der Waals surface area contributed by atoms with E-state index in [0.717, 1.165) is 11.3 Å². The van der Waals surface area contributed by atoms with Crippen molar-refractivity contribution in [1.29, 1.82) is 0 Å². The highest BCUT2D eigenvalue weighted by molar-refractivity contribution is 7.11. The molecular weight excluding hydrogens is 295 g/mol. The summed E-state index contributed by atoms with van der Waals surface area (Å²) in [5, 5.41) is -0.216. The predicted molar refractivity (Wildman–Crippen MR) is 82.1 cm³/mol. The Balaban J connectivity index is 2.13. The largest absolute Gasteiger partial charge is 0.321 e. The fourth-order valence-corrected chi connectivity index (χ4v) is 3.36. The summed E-state index contributed by atoms with van der Waals surface area (Å²) in [4.78, 5) is 6.99.